The number of thioether (sulfide) groups is 1. The van der Waals surface area contributed by atoms with Crippen molar-refractivity contribution < 1.29 is 14.3 Å². The fourth-order valence-electron chi connectivity index (χ4n) is 1.24. The van der Waals surface area contributed by atoms with E-state index in [9.17, 15) is 4.79 Å². The highest BCUT2D eigenvalue weighted by Crippen LogP contribution is 2.28. The van der Waals surface area contributed by atoms with Crippen LogP contribution in [0.4, 0.5) is 0 Å². The molecule has 1 aliphatic heterocycles. The Kier molecular flexibility index (Phi) is 4.62. The Morgan fingerprint density at radius 3 is 2.71 bits per heavy atom. The Morgan fingerprint density at radius 1 is 1.53 bits per heavy atom. The molecule has 0 saturated carbocycles. The van der Waals surface area contributed by atoms with E-state index in [0.29, 0.717) is 11.8 Å². The van der Waals surface area contributed by atoms with Crippen molar-refractivity contribution in [2.75, 3.05) is 20.5 Å². The molecule has 94 valence electrons. The third-order valence-corrected chi connectivity index (χ3v) is 3.07. The molecular formula is C11H16N2O3S. The number of nitrogens with one attached hydrogen (secondary N) is 1. The summed E-state index contributed by atoms with van der Waals surface area (Å²) < 4.78 is 10.3. The first-order valence-electron chi connectivity index (χ1n) is 4.98. The van der Waals surface area contributed by atoms with E-state index in [4.69, 9.17) is 9.47 Å². The molecule has 1 rings (SSSR count). The van der Waals surface area contributed by atoms with Crippen LogP contribution in [0.25, 0.3) is 0 Å². The third-order valence-electron chi connectivity index (χ3n) is 2.12. The van der Waals surface area contributed by atoms with E-state index in [-0.39, 0.29) is 5.78 Å². The maximum Gasteiger partial charge on any atom is 0.217 e. The topological polar surface area (TPSA) is 59.9 Å². The molecule has 0 fully saturated rings. The standard InChI is InChI=1S/C11H16N2O3S/c1-8(14)5-6-11(17-4)12-9(15-2)7-10(13-11)16-3/h5-7,12H,1-4H3. The minimum absolute atomic E-state index is 0.0390. The van der Waals surface area contributed by atoms with E-state index in [1.165, 1.54) is 31.9 Å². The number of methoxy groups -OCH3 is 2. The number of rotatable bonds is 4. The lowest BCUT2D eigenvalue weighted by Crippen LogP contribution is -2.42. The van der Waals surface area contributed by atoms with E-state index in [0.717, 1.165) is 0 Å². The van der Waals surface area contributed by atoms with Crippen molar-refractivity contribution in [2.24, 2.45) is 4.99 Å². The fourth-order valence-corrected chi connectivity index (χ4v) is 1.83. The molecule has 0 aliphatic carbocycles. The van der Waals surface area contributed by atoms with Crippen LogP contribution in [0.2, 0.25) is 0 Å². The summed E-state index contributed by atoms with van der Waals surface area (Å²) in [5.41, 5.74) is 0. The quantitative estimate of drug-likeness (QED) is 0.768. The molecule has 0 bridgehead atoms. The van der Waals surface area contributed by atoms with Gasteiger partial charge in [0.1, 0.15) is 0 Å². The Bertz CT molecular complexity index is 390. The molecule has 1 atom stereocenters. The third kappa shape index (κ3) is 3.52. The van der Waals surface area contributed by atoms with Crippen LogP contribution in [0, 0.1) is 0 Å². The van der Waals surface area contributed by atoms with Crippen LogP contribution >= 0.6 is 11.8 Å². The molecular weight excluding hydrogens is 240 g/mol. The van der Waals surface area contributed by atoms with Crippen LogP contribution in [-0.2, 0) is 14.3 Å². The van der Waals surface area contributed by atoms with E-state index in [1.807, 2.05) is 6.26 Å². The molecule has 1 aliphatic rings. The Balaban J connectivity index is 3.05. The number of hydrogen-bond acceptors (Lipinski definition) is 6. The average Bonchev–Trinajstić information content (AvgIpc) is 2.35. The van der Waals surface area contributed by atoms with Gasteiger partial charge in [-0.05, 0) is 25.3 Å². The fraction of sp³-hybridized carbons (Fsp3) is 0.455. The van der Waals surface area contributed by atoms with Gasteiger partial charge in [0.25, 0.3) is 0 Å². The number of ketones is 1. The summed E-state index contributed by atoms with van der Waals surface area (Å²) in [5.74, 6) is 0.950. The van der Waals surface area contributed by atoms with Gasteiger partial charge >= 0.3 is 0 Å². The number of hydrogen-bond donors (Lipinski definition) is 1. The van der Waals surface area contributed by atoms with Crippen molar-refractivity contribution >= 4 is 23.4 Å². The predicted molar refractivity (Wildman–Crippen MR) is 68.7 cm³/mol. The number of carbonyl (C=O) groups is 1. The minimum Gasteiger partial charge on any atom is -0.482 e. The van der Waals surface area contributed by atoms with Crippen molar-refractivity contribution in [3.63, 3.8) is 0 Å². The van der Waals surface area contributed by atoms with E-state index < -0.39 is 4.99 Å². The monoisotopic (exact) mass is 256 g/mol. The van der Waals surface area contributed by atoms with Gasteiger partial charge in [-0.1, -0.05) is 0 Å². The number of carbonyl (C=O) groups excluding carboxylic acids is 1. The van der Waals surface area contributed by atoms with Crippen LogP contribution in [-0.4, -0.2) is 37.2 Å². The van der Waals surface area contributed by atoms with Gasteiger partial charge < -0.3 is 14.8 Å². The highest BCUT2D eigenvalue weighted by molar-refractivity contribution is 8.00. The first kappa shape index (κ1) is 13.6. The van der Waals surface area contributed by atoms with E-state index >= 15 is 0 Å². The van der Waals surface area contributed by atoms with Crippen molar-refractivity contribution in [3.8, 4) is 0 Å². The second kappa shape index (κ2) is 5.77. The van der Waals surface area contributed by atoms with Crippen LogP contribution in [0.1, 0.15) is 6.92 Å². The Labute approximate surface area is 105 Å². The van der Waals surface area contributed by atoms with Crippen LogP contribution in [0.3, 0.4) is 0 Å². The second-order valence-corrected chi connectivity index (χ2v) is 4.37. The van der Waals surface area contributed by atoms with Crippen molar-refractivity contribution in [2.45, 2.75) is 11.9 Å². The molecule has 1 unspecified atom stereocenters. The van der Waals surface area contributed by atoms with Crippen LogP contribution in [0.15, 0.2) is 29.1 Å². The van der Waals surface area contributed by atoms with Gasteiger partial charge in [-0.15, -0.1) is 11.8 Å². The molecule has 6 heteroatoms. The lowest BCUT2D eigenvalue weighted by Gasteiger charge is -2.30. The van der Waals surface area contributed by atoms with Crippen LogP contribution < -0.4 is 5.32 Å². The Hall–Kier alpha value is -1.43. The van der Waals surface area contributed by atoms with E-state index in [1.54, 1.807) is 19.3 Å². The lowest BCUT2D eigenvalue weighted by molar-refractivity contribution is -0.112. The zero-order chi connectivity index (χ0) is 12.9. The maximum atomic E-state index is 11.0. The van der Waals surface area contributed by atoms with E-state index in [2.05, 4.69) is 10.3 Å². The number of nitrogens with zero attached hydrogens (tertiary/aromatic N) is 1. The maximum absolute atomic E-state index is 11.0. The predicted octanol–water partition coefficient (Wildman–Crippen LogP) is 1.28. The first-order valence-corrected chi connectivity index (χ1v) is 6.20. The Morgan fingerprint density at radius 2 is 2.24 bits per heavy atom. The molecule has 17 heavy (non-hydrogen) atoms. The number of allylic oxidation sites excluding steroid dienone is 1. The summed E-state index contributed by atoms with van der Waals surface area (Å²) in [7, 11) is 3.09. The first-order chi connectivity index (χ1) is 8.05. The highest BCUT2D eigenvalue weighted by atomic mass is 32.2. The average molecular weight is 256 g/mol. The molecule has 1 N–H and O–H groups in total. The lowest BCUT2D eigenvalue weighted by atomic mass is 10.3. The van der Waals surface area contributed by atoms with Gasteiger partial charge in [-0.25, -0.2) is 4.99 Å². The second-order valence-electron chi connectivity index (χ2n) is 3.34. The molecule has 0 aromatic rings. The van der Waals surface area contributed by atoms with Gasteiger partial charge in [0.05, 0.1) is 20.3 Å². The molecule has 0 aromatic carbocycles. The summed E-state index contributed by atoms with van der Waals surface area (Å²) in [6.07, 6.45) is 6.69. The van der Waals surface area contributed by atoms with Gasteiger partial charge in [0, 0.05) is 0 Å². The smallest absolute Gasteiger partial charge is 0.217 e. The number of ether oxygens (including phenoxy) is 2. The van der Waals surface area contributed by atoms with Gasteiger partial charge in [-0.3, -0.25) is 4.79 Å². The van der Waals surface area contributed by atoms with Crippen molar-refractivity contribution in [3.05, 3.63) is 24.1 Å². The zero-order valence-electron chi connectivity index (χ0n) is 10.3. The van der Waals surface area contributed by atoms with Crippen LogP contribution in [0.5, 0.6) is 0 Å². The number of aliphatic imine (C=N–C) groups is 1. The summed E-state index contributed by atoms with van der Waals surface area (Å²) in [5, 5.41) is 3.08. The van der Waals surface area contributed by atoms with Gasteiger partial charge in [0.2, 0.25) is 10.9 Å². The molecule has 1 heterocycles. The highest BCUT2D eigenvalue weighted by Gasteiger charge is 2.30. The molecule has 0 amide bonds. The molecule has 0 radical (unpaired) electrons. The zero-order valence-corrected chi connectivity index (χ0v) is 11.1. The summed E-state index contributed by atoms with van der Waals surface area (Å²) >= 11 is 1.43. The summed E-state index contributed by atoms with van der Waals surface area (Å²) in [6.45, 7) is 1.49. The molecule has 0 spiro atoms. The minimum atomic E-state index is -0.767. The molecule has 0 aromatic heterocycles. The summed E-state index contributed by atoms with van der Waals surface area (Å²) in [6, 6.07) is 0. The van der Waals surface area contributed by atoms with Crippen molar-refractivity contribution in [1.29, 1.82) is 0 Å². The molecule has 5 nitrogen and oxygen atoms in total. The van der Waals surface area contributed by atoms with Gasteiger partial charge in [0.15, 0.2) is 11.7 Å². The SMILES string of the molecule is COC1=CC(OC)=NC(C=CC(C)=O)(SC)N1. The van der Waals surface area contributed by atoms with Gasteiger partial charge in [-0.2, -0.15) is 0 Å². The normalized spacial score (nSPS) is 23.8. The van der Waals surface area contributed by atoms with Crippen molar-refractivity contribution in [1.82, 2.24) is 5.32 Å². The summed E-state index contributed by atoms with van der Waals surface area (Å²) in [4.78, 5) is 14.6. The largest absolute Gasteiger partial charge is 0.482 e. The molecule has 0 saturated heterocycles.